The number of hydrogen-bond donors (Lipinski definition) is 1. The topological polar surface area (TPSA) is 55.1 Å². The molecule has 0 atom stereocenters. The summed E-state index contributed by atoms with van der Waals surface area (Å²) < 4.78 is 6.49. The first kappa shape index (κ1) is 12.3. The molecule has 2 rings (SSSR count). The second-order valence-corrected chi connectivity index (χ2v) is 5.06. The molecule has 0 unspecified atom stereocenters. The minimum atomic E-state index is -0.172. The SMILES string of the molecule is O=C(NCc1ccno1)c1cc(Br)ccc1Br. The monoisotopic (exact) mass is 358 g/mol. The van der Waals surface area contributed by atoms with Crippen molar-refractivity contribution >= 4 is 37.8 Å². The number of carbonyl (C=O) groups excluding carboxylic acids is 1. The Morgan fingerprint density at radius 3 is 2.88 bits per heavy atom. The van der Waals surface area contributed by atoms with Crippen LogP contribution in [-0.2, 0) is 6.54 Å². The van der Waals surface area contributed by atoms with Crippen LogP contribution in [0, 0.1) is 0 Å². The molecule has 0 radical (unpaired) electrons. The van der Waals surface area contributed by atoms with E-state index in [1.54, 1.807) is 12.1 Å². The van der Waals surface area contributed by atoms with Crippen molar-refractivity contribution in [2.45, 2.75) is 6.54 Å². The maximum absolute atomic E-state index is 11.9. The van der Waals surface area contributed by atoms with Crippen LogP contribution < -0.4 is 5.32 Å². The summed E-state index contributed by atoms with van der Waals surface area (Å²) in [5.74, 6) is 0.444. The lowest BCUT2D eigenvalue weighted by Crippen LogP contribution is -2.22. The van der Waals surface area contributed by atoms with Crippen molar-refractivity contribution in [2.24, 2.45) is 0 Å². The third-order valence-electron chi connectivity index (χ3n) is 2.09. The average Bonchev–Trinajstić information content (AvgIpc) is 2.82. The molecule has 0 aliphatic rings. The van der Waals surface area contributed by atoms with Crippen molar-refractivity contribution < 1.29 is 9.32 Å². The van der Waals surface area contributed by atoms with E-state index in [1.165, 1.54) is 6.20 Å². The van der Waals surface area contributed by atoms with E-state index in [9.17, 15) is 4.79 Å². The smallest absolute Gasteiger partial charge is 0.252 e. The number of benzene rings is 1. The first-order valence-corrected chi connectivity index (χ1v) is 6.38. The molecule has 0 fully saturated rings. The van der Waals surface area contributed by atoms with Gasteiger partial charge in [0.25, 0.3) is 5.91 Å². The molecule has 1 amide bonds. The Labute approximate surface area is 115 Å². The van der Waals surface area contributed by atoms with Gasteiger partial charge in [-0.25, -0.2) is 0 Å². The standard InChI is InChI=1S/C11H8Br2N2O2/c12-7-1-2-10(13)9(5-7)11(16)14-6-8-3-4-15-17-8/h1-5H,6H2,(H,14,16). The van der Waals surface area contributed by atoms with Crippen molar-refractivity contribution in [3.63, 3.8) is 0 Å². The Morgan fingerprint density at radius 2 is 2.18 bits per heavy atom. The number of hydrogen-bond acceptors (Lipinski definition) is 3. The van der Waals surface area contributed by atoms with Gasteiger partial charge in [-0.3, -0.25) is 4.79 Å². The predicted molar refractivity (Wildman–Crippen MR) is 69.5 cm³/mol. The Balaban J connectivity index is 2.07. The summed E-state index contributed by atoms with van der Waals surface area (Å²) in [6.45, 7) is 0.317. The molecule has 1 aromatic heterocycles. The fourth-order valence-electron chi connectivity index (χ4n) is 1.27. The van der Waals surface area contributed by atoms with Crippen LogP contribution in [-0.4, -0.2) is 11.1 Å². The highest BCUT2D eigenvalue weighted by Gasteiger charge is 2.10. The molecule has 88 valence electrons. The molecular formula is C11H8Br2N2O2. The Bertz CT molecular complexity index is 526. The van der Waals surface area contributed by atoms with Gasteiger partial charge in [0.05, 0.1) is 18.3 Å². The van der Waals surface area contributed by atoms with Crippen LogP contribution in [0.15, 0.2) is 43.9 Å². The molecule has 6 heteroatoms. The van der Waals surface area contributed by atoms with E-state index < -0.39 is 0 Å². The van der Waals surface area contributed by atoms with Gasteiger partial charge in [-0.15, -0.1) is 0 Å². The zero-order chi connectivity index (χ0) is 12.3. The zero-order valence-electron chi connectivity index (χ0n) is 8.61. The van der Waals surface area contributed by atoms with Gasteiger partial charge in [-0.1, -0.05) is 21.1 Å². The highest BCUT2D eigenvalue weighted by molar-refractivity contribution is 9.11. The van der Waals surface area contributed by atoms with Gasteiger partial charge in [-0.05, 0) is 34.1 Å². The summed E-state index contributed by atoms with van der Waals surface area (Å²) in [5.41, 5.74) is 0.568. The van der Waals surface area contributed by atoms with Gasteiger partial charge in [0.15, 0.2) is 5.76 Å². The molecule has 1 heterocycles. The number of rotatable bonds is 3. The fourth-order valence-corrected chi connectivity index (χ4v) is 2.06. The minimum Gasteiger partial charge on any atom is -0.360 e. The number of aromatic nitrogens is 1. The third kappa shape index (κ3) is 3.17. The van der Waals surface area contributed by atoms with E-state index in [0.29, 0.717) is 17.9 Å². The Hall–Kier alpha value is -1.14. The van der Waals surface area contributed by atoms with Crippen molar-refractivity contribution in [2.75, 3.05) is 0 Å². The molecular weight excluding hydrogens is 352 g/mol. The van der Waals surface area contributed by atoms with Crippen LogP contribution >= 0.6 is 31.9 Å². The number of amides is 1. The highest BCUT2D eigenvalue weighted by atomic mass is 79.9. The summed E-state index contributed by atoms with van der Waals surface area (Å²) in [6, 6.07) is 7.13. The molecule has 0 aliphatic heterocycles. The highest BCUT2D eigenvalue weighted by Crippen LogP contribution is 2.21. The maximum atomic E-state index is 11.9. The van der Waals surface area contributed by atoms with E-state index in [2.05, 4.69) is 42.3 Å². The van der Waals surface area contributed by atoms with Crippen LogP contribution in [0.3, 0.4) is 0 Å². The van der Waals surface area contributed by atoms with Gasteiger partial charge in [-0.2, -0.15) is 0 Å². The van der Waals surface area contributed by atoms with Crippen LogP contribution in [0.2, 0.25) is 0 Å². The molecule has 1 aromatic carbocycles. The molecule has 1 N–H and O–H groups in total. The molecule has 0 bridgehead atoms. The lowest BCUT2D eigenvalue weighted by Gasteiger charge is -2.05. The third-order valence-corrected chi connectivity index (χ3v) is 3.27. The maximum Gasteiger partial charge on any atom is 0.252 e. The van der Waals surface area contributed by atoms with Crippen molar-refractivity contribution in [3.05, 3.63) is 50.7 Å². The second-order valence-electron chi connectivity index (χ2n) is 3.29. The van der Waals surface area contributed by atoms with Gasteiger partial charge < -0.3 is 9.84 Å². The molecule has 4 nitrogen and oxygen atoms in total. The number of nitrogens with zero attached hydrogens (tertiary/aromatic N) is 1. The van der Waals surface area contributed by atoms with E-state index in [0.717, 1.165) is 8.95 Å². The summed E-state index contributed by atoms with van der Waals surface area (Å²) in [5, 5.41) is 6.31. The van der Waals surface area contributed by atoms with E-state index >= 15 is 0 Å². The summed E-state index contributed by atoms with van der Waals surface area (Å²) >= 11 is 6.66. The van der Waals surface area contributed by atoms with Crippen molar-refractivity contribution in [3.8, 4) is 0 Å². The molecule has 0 saturated carbocycles. The van der Waals surface area contributed by atoms with E-state index in [-0.39, 0.29) is 5.91 Å². The van der Waals surface area contributed by atoms with Gasteiger partial charge in [0.1, 0.15) is 0 Å². The number of halogens is 2. The van der Waals surface area contributed by atoms with Crippen LogP contribution in [0.1, 0.15) is 16.1 Å². The summed E-state index contributed by atoms with van der Waals surface area (Å²) in [4.78, 5) is 11.9. The normalized spacial score (nSPS) is 10.2. The van der Waals surface area contributed by atoms with E-state index in [4.69, 9.17) is 4.52 Å². The van der Waals surface area contributed by atoms with Crippen LogP contribution in [0.5, 0.6) is 0 Å². The largest absolute Gasteiger partial charge is 0.360 e. The van der Waals surface area contributed by atoms with Crippen LogP contribution in [0.4, 0.5) is 0 Å². The molecule has 0 aliphatic carbocycles. The minimum absolute atomic E-state index is 0.172. The summed E-state index contributed by atoms with van der Waals surface area (Å²) in [7, 11) is 0. The molecule has 17 heavy (non-hydrogen) atoms. The predicted octanol–water partition coefficient (Wildman–Crippen LogP) is 3.13. The van der Waals surface area contributed by atoms with Crippen molar-refractivity contribution in [1.82, 2.24) is 10.5 Å². The first-order valence-electron chi connectivity index (χ1n) is 4.79. The average molecular weight is 360 g/mol. The molecule has 2 aromatic rings. The second kappa shape index (κ2) is 5.46. The first-order chi connectivity index (χ1) is 8.16. The summed E-state index contributed by atoms with van der Waals surface area (Å²) in [6.07, 6.45) is 1.54. The molecule has 0 saturated heterocycles. The quantitative estimate of drug-likeness (QED) is 0.915. The van der Waals surface area contributed by atoms with E-state index in [1.807, 2.05) is 12.1 Å². The van der Waals surface area contributed by atoms with Crippen LogP contribution in [0.25, 0.3) is 0 Å². The lowest BCUT2D eigenvalue weighted by atomic mass is 10.2. The number of nitrogens with one attached hydrogen (secondary N) is 1. The molecule has 0 spiro atoms. The lowest BCUT2D eigenvalue weighted by molar-refractivity contribution is 0.0946. The van der Waals surface area contributed by atoms with Crippen molar-refractivity contribution in [1.29, 1.82) is 0 Å². The number of carbonyl (C=O) groups is 1. The Kier molecular flexibility index (Phi) is 3.96. The Morgan fingerprint density at radius 1 is 1.35 bits per heavy atom. The zero-order valence-corrected chi connectivity index (χ0v) is 11.8. The fraction of sp³-hybridized carbons (Fsp3) is 0.0909. The van der Waals surface area contributed by atoms with Gasteiger partial charge >= 0.3 is 0 Å². The van der Waals surface area contributed by atoms with Gasteiger partial charge in [0, 0.05) is 15.0 Å². The van der Waals surface area contributed by atoms with Gasteiger partial charge in [0.2, 0.25) is 0 Å².